The topological polar surface area (TPSA) is 76.1 Å². The summed E-state index contributed by atoms with van der Waals surface area (Å²) in [6.07, 6.45) is -4.60. The molecule has 10 heteroatoms. The van der Waals surface area contributed by atoms with Crippen molar-refractivity contribution in [1.82, 2.24) is 9.80 Å². The third kappa shape index (κ3) is 6.73. The smallest absolute Gasteiger partial charge is 0.416 e. The second kappa shape index (κ2) is 11.0. The van der Waals surface area contributed by atoms with Gasteiger partial charge in [-0.05, 0) is 31.5 Å². The van der Waals surface area contributed by atoms with Crippen LogP contribution in [0.4, 0.5) is 13.2 Å². The highest BCUT2D eigenvalue weighted by Crippen LogP contribution is 2.30. The number of rotatable bonds is 9. The van der Waals surface area contributed by atoms with Crippen LogP contribution < -0.4 is 0 Å². The first-order valence-electron chi connectivity index (χ1n) is 10.3. The fourth-order valence-corrected chi connectivity index (χ4v) is 3.28. The molecule has 0 saturated heterocycles. The minimum atomic E-state index is -4.45. The molecule has 0 N–H and O–H groups in total. The van der Waals surface area contributed by atoms with Gasteiger partial charge in [0, 0.05) is 25.8 Å². The number of likely N-dealkylation sites (N-methyl/N-ethyl adjacent to an activating group) is 1. The van der Waals surface area contributed by atoms with Gasteiger partial charge in [-0.2, -0.15) is 13.2 Å². The van der Waals surface area contributed by atoms with Gasteiger partial charge in [-0.1, -0.05) is 12.1 Å². The van der Waals surface area contributed by atoms with Gasteiger partial charge in [0.1, 0.15) is 0 Å². The van der Waals surface area contributed by atoms with Gasteiger partial charge in [-0.3, -0.25) is 9.59 Å². The predicted octanol–water partition coefficient (Wildman–Crippen LogP) is 3.14. The highest BCUT2D eigenvalue weighted by atomic mass is 19.4. The van der Waals surface area contributed by atoms with E-state index in [4.69, 9.17) is 9.47 Å². The van der Waals surface area contributed by atoms with Crippen LogP contribution in [0.25, 0.3) is 0 Å². The summed E-state index contributed by atoms with van der Waals surface area (Å²) >= 11 is 0. The van der Waals surface area contributed by atoms with Crippen molar-refractivity contribution in [2.45, 2.75) is 39.4 Å². The lowest BCUT2D eigenvalue weighted by Crippen LogP contribution is -2.41. The number of alkyl halides is 3. The number of amides is 1. The number of carbonyl (C=O) groups excluding carboxylic acids is 3. The predicted molar refractivity (Wildman–Crippen MR) is 109 cm³/mol. The van der Waals surface area contributed by atoms with E-state index in [-0.39, 0.29) is 57.2 Å². The van der Waals surface area contributed by atoms with Crippen LogP contribution in [0.5, 0.6) is 0 Å². The molecule has 1 heterocycles. The lowest BCUT2D eigenvalue weighted by atomic mass is 10.0. The Morgan fingerprint density at radius 2 is 1.72 bits per heavy atom. The fraction of sp³-hybridized carbons (Fsp3) is 0.500. The molecule has 32 heavy (non-hydrogen) atoms. The van der Waals surface area contributed by atoms with Gasteiger partial charge in [0.2, 0.25) is 5.91 Å². The molecule has 0 aliphatic carbocycles. The van der Waals surface area contributed by atoms with Crippen molar-refractivity contribution < 1.29 is 37.0 Å². The molecule has 7 nitrogen and oxygen atoms in total. The molecule has 0 saturated carbocycles. The first-order chi connectivity index (χ1) is 15.1. The largest absolute Gasteiger partial charge is 0.466 e. The third-order valence-electron chi connectivity index (χ3n) is 4.94. The van der Waals surface area contributed by atoms with E-state index in [1.165, 1.54) is 17.0 Å². The SMILES string of the molecule is CCOC(=O)CCN(Cc1ccc(C(F)(F)F)cc1)C1=C(C(=O)OCC)CC(=O)N(C)C1. The summed E-state index contributed by atoms with van der Waals surface area (Å²) in [5, 5.41) is 0. The summed E-state index contributed by atoms with van der Waals surface area (Å²) in [6.45, 7) is 4.07. The monoisotopic (exact) mass is 456 g/mol. The molecule has 176 valence electrons. The van der Waals surface area contributed by atoms with Crippen molar-refractivity contribution >= 4 is 17.8 Å². The van der Waals surface area contributed by atoms with Crippen LogP contribution in [-0.2, 0) is 36.6 Å². The molecule has 1 aliphatic rings. The van der Waals surface area contributed by atoms with Crippen LogP contribution in [0.15, 0.2) is 35.5 Å². The summed E-state index contributed by atoms with van der Waals surface area (Å²) in [6, 6.07) is 4.66. The molecule has 0 fully saturated rings. The molecule has 0 aromatic heterocycles. The number of hydrogen-bond donors (Lipinski definition) is 0. The van der Waals surface area contributed by atoms with Crippen molar-refractivity contribution in [1.29, 1.82) is 0 Å². The molecule has 0 radical (unpaired) electrons. The maximum atomic E-state index is 12.9. The van der Waals surface area contributed by atoms with E-state index < -0.39 is 23.7 Å². The van der Waals surface area contributed by atoms with Gasteiger partial charge < -0.3 is 19.3 Å². The highest BCUT2D eigenvalue weighted by Gasteiger charge is 2.32. The third-order valence-corrected chi connectivity index (χ3v) is 4.94. The number of halogens is 3. The minimum Gasteiger partial charge on any atom is -0.466 e. The zero-order valence-electron chi connectivity index (χ0n) is 18.3. The van der Waals surface area contributed by atoms with E-state index >= 15 is 0 Å². The number of nitrogens with zero attached hydrogens (tertiary/aromatic N) is 2. The van der Waals surface area contributed by atoms with Crippen LogP contribution in [0.1, 0.15) is 37.8 Å². The average molecular weight is 456 g/mol. The van der Waals surface area contributed by atoms with Crippen LogP contribution in [0.2, 0.25) is 0 Å². The van der Waals surface area contributed by atoms with E-state index in [1.807, 2.05) is 0 Å². The van der Waals surface area contributed by atoms with Crippen LogP contribution in [0.3, 0.4) is 0 Å². The van der Waals surface area contributed by atoms with Gasteiger partial charge in [-0.25, -0.2) is 4.79 Å². The minimum absolute atomic E-state index is 0.00570. The Morgan fingerprint density at radius 1 is 1.09 bits per heavy atom. The Kier molecular flexibility index (Phi) is 8.68. The molecular weight excluding hydrogens is 429 g/mol. The molecule has 1 aromatic rings. The maximum Gasteiger partial charge on any atom is 0.416 e. The molecule has 2 rings (SSSR count). The first-order valence-corrected chi connectivity index (χ1v) is 10.3. The molecule has 0 bridgehead atoms. The van der Waals surface area contributed by atoms with Gasteiger partial charge in [0.05, 0.1) is 43.7 Å². The van der Waals surface area contributed by atoms with Gasteiger partial charge in [-0.15, -0.1) is 0 Å². The van der Waals surface area contributed by atoms with E-state index in [1.54, 1.807) is 25.8 Å². The first kappa shape index (κ1) is 25.2. The Labute approximate surface area is 184 Å². The summed E-state index contributed by atoms with van der Waals surface area (Å²) < 4.78 is 48.7. The molecule has 0 atom stereocenters. The molecule has 1 aromatic carbocycles. The summed E-state index contributed by atoms with van der Waals surface area (Å²) in [4.78, 5) is 39.8. The van der Waals surface area contributed by atoms with Gasteiger partial charge in [0.15, 0.2) is 0 Å². The Morgan fingerprint density at radius 3 is 2.28 bits per heavy atom. The zero-order chi connectivity index (χ0) is 23.9. The Bertz CT molecular complexity index is 865. The Hall–Kier alpha value is -3.04. The average Bonchev–Trinajstić information content (AvgIpc) is 2.73. The van der Waals surface area contributed by atoms with Crippen molar-refractivity contribution in [3.63, 3.8) is 0 Å². The molecule has 1 aliphatic heterocycles. The maximum absolute atomic E-state index is 12.9. The number of hydrogen-bond acceptors (Lipinski definition) is 6. The molecule has 0 unspecified atom stereocenters. The van der Waals surface area contributed by atoms with Crippen LogP contribution in [0, 0.1) is 0 Å². The van der Waals surface area contributed by atoms with Crippen LogP contribution in [-0.4, -0.2) is 61.0 Å². The van der Waals surface area contributed by atoms with Crippen molar-refractivity contribution in [2.24, 2.45) is 0 Å². The number of carbonyl (C=O) groups is 3. The number of esters is 2. The fourth-order valence-electron chi connectivity index (χ4n) is 3.28. The Balaban J connectivity index is 2.39. The van der Waals surface area contributed by atoms with Crippen molar-refractivity contribution in [3.8, 4) is 0 Å². The number of benzene rings is 1. The summed E-state index contributed by atoms with van der Waals surface area (Å²) in [5.41, 5.74) is 0.464. The molecular formula is C22H27F3N2O5. The molecule has 1 amide bonds. The van der Waals surface area contributed by atoms with Crippen molar-refractivity contribution in [3.05, 3.63) is 46.7 Å². The standard InChI is InChI=1S/C22H27F3N2O5/c1-4-31-20(29)10-11-27(13-15-6-8-16(9-7-15)22(23,24)25)18-14-26(3)19(28)12-17(18)21(30)32-5-2/h6-9H,4-5,10-14H2,1-3H3. The quantitative estimate of drug-likeness (QED) is 0.532. The highest BCUT2D eigenvalue weighted by molar-refractivity contribution is 5.97. The van der Waals surface area contributed by atoms with Gasteiger partial charge in [0.25, 0.3) is 0 Å². The second-order valence-corrected chi connectivity index (χ2v) is 7.24. The summed E-state index contributed by atoms with van der Waals surface area (Å²) in [5.74, 6) is -1.32. The van der Waals surface area contributed by atoms with E-state index in [9.17, 15) is 27.6 Å². The lowest BCUT2D eigenvalue weighted by Gasteiger charge is -2.35. The van der Waals surface area contributed by atoms with Crippen molar-refractivity contribution in [2.75, 3.05) is 33.4 Å². The van der Waals surface area contributed by atoms with Gasteiger partial charge >= 0.3 is 18.1 Å². The lowest BCUT2D eigenvalue weighted by molar-refractivity contribution is -0.143. The summed E-state index contributed by atoms with van der Waals surface area (Å²) in [7, 11) is 1.59. The van der Waals surface area contributed by atoms with E-state index in [0.717, 1.165) is 12.1 Å². The normalized spacial score (nSPS) is 14.4. The van der Waals surface area contributed by atoms with E-state index in [2.05, 4.69) is 0 Å². The van der Waals surface area contributed by atoms with E-state index in [0.29, 0.717) is 11.3 Å². The number of ether oxygens (including phenoxy) is 2. The zero-order valence-corrected chi connectivity index (χ0v) is 18.3. The molecule has 0 spiro atoms. The van der Waals surface area contributed by atoms with Crippen LogP contribution >= 0.6 is 0 Å². The second-order valence-electron chi connectivity index (χ2n) is 7.24.